The lowest BCUT2D eigenvalue weighted by Gasteiger charge is -2.15. The molecular formula is C38H42N2O6. The molecule has 240 valence electrons. The van der Waals surface area contributed by atoms with Gasteiger partial charge in [0.25, 0.3) is 0 Å². The molecule has 5 aromatic rings. The number of hydrogen-bond donors (Lipinski definition) is 5. The van der Waals surface area contributed by atoms with Gasteiger partial charge >= 0.3 is 0 Å². The largest absolute Gasteiger partial charge is 0.489 e. The third-order valence-electron chi connectivity index (χ3n) is 7.11. The van der Waals surface area contributed by atoms with Crippen molar-refractivity contribution < 1.29 is 29.5 Å². The average molecular weight is 623 g/mol. The normalized spacial score (nSPS) is 11.9. The van der Waals surface area contributed by atoms with Crippen molar-refractivity contribution in [3.63, 3.8) is 0 Å². The molecule has 0 saturated heterocycles. The zero-order chi connectivity index (χ0) is 32.6. The molecule has 0 spiro atoms. The zero-order valence-corrected chi connectivity index (χ0v) is 25.7. The van der Waals surface area contributed by atoms with Crippen molar-refractivity contribution >= 4 is 0 Å². The fraction of sp³-hybridized carbons (Fsp3) is 0.211. The second-order valence-corrected chi connectivity index (χ2v) is 10.6. The molecule has 0 aliphatic rings. The lowest BCUT2D eigenvalue weighted by atomic mass is 10.1. The Kier molecular flexibility index (Phi) is 13.6. The van der Waals surface area contributed by atoms with E-state index >= 15 is 0 Å². The summed E-state index contributed by atoms with van der Waals surface area (Å²) in [6.07, 6.45) is -1.47. The number of rotatable bonds is 14. The molecule has 2 atom stereocenters. The molecule has 5 aromatic carbocycles. The SMILES string of the molecule is NC[C@H](O)c1cc(OCc2ccccc2)cc(OCc2ccccc2)c1.NC[C@H](O)c1ccc(OCc2ccccc2)c(CO)c1. The van der Waals surface area contributed by atoms with Gasteiger partial charge < -0.3 is 41.0 Å². The molecule has 0 aliphatic carbocycles. The molecule has 0 aromatic heterocycles. The number of ether oxygens (including phenoxy) is 3. The Balaban J connectivity index is 0.000000216. The van der Waals surface area contributed by atoms with Gasteiger partial charge in [-0.1, -0.05) is 97.1 Å². The van der Waals surface area contributed by atoms with E-state index in [1.807, 2.05) is 97.1 Å². The smallest absolute Gasteiger partial charge is 0.125 e. The van der Waals surface area contributed by atoms with Gasteiger partial charge in [-0.3, -0.25) is 0 Å². The van der Waals surface area contributed by atoms with E-state index in [9.17, 15) is 15.3 Å². The predicted octanol–water partition coefficient (Wildman–Crippen LogP) is 5.59. The highest BCUT2D eigenvalue weighted by Gasteiger charge is 2.12. The quantitative estimate of drug-likeness (QED) is 0.108. The van der Waals surface area contributed by atoms with Crippen LogP contribution < -0.4 is 25.7 Å². The van der Waals surface area contributed by atoms with Crippen LogP contribution in [0.3, 0.4) is 0 Å². The van der Waals surface area contributed by atoms with Crippen molar-refractivity contribution in [3.05, 3.63) is 161 Å². The zero-order valence-electron chi connectivity index (χ0n) is 25.7. The third-order valence-corrected chi connectivity index (χ3v) is 7.11. The van der Waals surface area contributed by atoms with E-state index in [4.69, 9.17) is 25.7 Å². The molecule has 0 heterocycles. The van der Waals surface area contributed by atoms with Crippen LogP contribution in [-0.2, 0) is 26.4 Å². The number of aliphatic hydroxyl groups excluding tert-OH is 3. The highest BCUT2D eigenvalue weighted by Crippen LogP contribution is 2.28. The van der Waals surface area contributed by atoms with Gasteiger partial charge in [-0.2, -0.15) is 0 Å². The summed E-state index contributed by atoms with van der Waals surface area (Å²) in [4.78, 5) is 0. The van der Waals surface area contributed by atoms with Crippen LogP contribution in [0.4, 0.5) is 0 Å². The Labute approximate surface area is 270 Å². The van der Waals surface area contributed by atoms with Crippen LogP contribution in [0, 0.1) is 0 Å². The van der Waals surface area contributed by atoms with Gasteiger partial charge in [-0.05, 0) is 52.1 Å². The number of benzene rings is 5. The van der Waals surface area contributed by atoms with Gasteiger partial charge in [-0.25, -0.2) is 0 Å². The Morgan fingerprint density at radius 1 is 0.500 bits per heavy atom. The molecule has 0 radical (unpaired) electrons. The summed E-state index contributed by atoms with van der Waals surface area (Å²) in [6, 6.07) is 40.3. The second-order valence-electron chi connectivity index (χ2n) is 10.6. The van der Waals surface area contributed by atoms with Crippen LogP contribution in [0.15, 0.2) is 127 Å². The molecule has 46 heavy (non-hydrogen) atoms. The molecule has 8 heteroatoms. The second kappa shape index (κ2) is 18.3. The third kappa shape index (κ3) is 10.7. The maximum absolute atomic E-state index is 10.1. The number of aliphatic hydroxyl groups is 3. The first kappa shape index (κ1) is 34.2. The number of nitrogens with two attached hydrogens (primary N) is 2. The van der Waals surface area contributed by atoms with Crippen LogP contribution >= 0.6 is 0 Å². The Bertz CT molecular complexity index is 1520. The monoisotopic (exact) mass is 622 g/mol. The summed E-state index contributed by atoms with van der Waals surface area (Å²) >= 11 is 0. The number of hydrogen-bond acceptors (Lipinski definition) is 8. The molecule has 0 bridgehead atoms. The summed E-state index contributed by atoms with van der Waals surface area (Å²) in [7, 11) is 0. The van der Waals surface area contributed by atoms with Gasteiger partial charge in [0.05, 0.1) is 18.8 Å². The standard InChI is InChI=1S/C22H23NO3.C16H19NO3/c23-14-22(24)19-11-20(25-15-17-7-3-1-4-8-17)13-21(12-19)26-16-18-9-5-2-6-10-18;17-9-15(19)13-6-7-16(14(8-13)10-18)20-11-12-4-2-1-3-5-12/h1-13,22,24H,14-16,23H2;1-8,15,18-19H,9-11,17H2/t22-;15-/m00/s1. The minimum atomic E-state index is -0.755. The van der Waals surface area contributed by atoms with Gasteiger partial charge in [0.1, 0.15) is 37.1 Å². The minimum Gasteiger partial charge on any atom is -0.489 e. The highest BCUT2D eigenvalue weighted by atomic mass is 16.5. The Morgan fingerprint density at radius 2 is 0.935 bits per heavy atom. The van der Waals surface area contributed by atoms with E-state index in [1.165, 1.54) is 0 Å². The van der Waals surface area contributed by atoms with E-state index in [1.54, 1.807) is 30.3 Å². The molecule has 8 nitrogen and oxygen atoms in total. The van der Waals surface area contributed by atoms with Crippen LogP contribution in [0.25, 0.3) is 0 Å². The minimum absolute atomic E-state index is 0.139. The molecule has 7 N–H and O–H groups in total. The molecule has 0 aliphatic heterocycles. The lowest BCUT2D eigenvalue weighted by molar-refractivity contribution is 0.185. The fourth-order valence-electron chi connectivity index (χ4n) is 4.51. The van der Waals surface area contributed by atoms with E-state index in [0.29, 0.717) is 53.8 Å². The summed E-state index contributed by atoms with van der Waals surface area (Å²) < 4.78 is 17.5. The molecule has 0 saturated carbocycles. The van der Waals surface area contributed by atoms with Crippen molar-refractivity contribution in [1.82, 2.24) is 0 Å². The van der Waals surface area contributed by atoms with Gasteiger partial charge in [0.2, 0.25) is 0 Å². The fourth-order valence-corrected chi connectivity index (χ4v) is 4.51. The van der Waals surface area contributed by atoms with Gasteiger partial charge in [0, 0.05) is 24.7 Å². The summed E-state index contributed by atoms with van der Waals surface area (Å²) in [6.45, 7) is 1.47. The predicted molar refractivity (Wildman–Crippen MR) is 179 cm³/mol. The summed E-state index contributed by atoms with van der Waals surface area (Å²) in [5.74, 6) is 1.90. The molecule has 0 unspecified atom stereocenters. The van der Waals surface area contributed by atoms with Crippen molar-refractivity contribution in [3.8, 4) is 17.2 Å². The molecular weight excluding hydrogens is 580 g/mol. The first-order valence-corrected chi connectivity index (χ1v) is 15.1. The Hall–Kier alpha value is -4.70. The van der Waals surface area contributed by atoms with Crippen LogP contribution in [-0.4, -0.2) is 28.4 Å². The van der Waals surface area contributed by atoms with E-state index < -0.39 is 12.2 Å². The van der Waals surface area contributed by atoms with E-state index in [0.717, 1.165) is 16.7 Å². The summed E-state index contributed by atoms with van der Waals surface area (Å²) in [5, 5.41) is 29.2. The highest BCUT2D eigenvalue weighted by molar-refractivity contribution is 5.40. The summed E-state index contributed by atoms with van der Waals surface area (Å²) in [5.41, 5.74) is 16.2. The van der Waals surface area contributed by atoms with Crippen molar-refractivity contribution in [1.29, 1.82) is 0 Å². The maximum Gasteiger partial charge on any atom is 0.125 e. The van der Waals surface area contributed by atoms with Gasteiger partial charge in [0.15, 0.2) is 0 Å². The van der Waals surface area contributed by atoms with Crippen LogP contribution in [0.1, 0.15) is 45.6 Å². The first-order valence-electron chi connectivity index (χ1n) is 15.1. The molecule has 0 fully saturated rings. The first-order chi connectivity index (χ1) is 22.5. The maximum atomic E-state index is 10.1. The van der Waals surface area contributed by atoms with Crippen molar-refractivity contribution in [2.24, 2.45) is 11.5 Å². The Morgan fingerprint density at radius 3 is 1.37 bits per heavy atom. The van der Waals surface area contributed by atoms with E-state index in [2.05, 4.69) is 0 Å². The lowest BCUT2D eigenvalue weighted by Crippen LogP contribution is -2.12. The van der Waals surface area contributed by atoms with Crippen molar-refractivity contribution in [2.75, 3.05) is 13.1 Å². The molecule has 0 amide bonds. The molecule has 5 rings (SSSR count). The van der Waals surface area contributed by atoms with Crippen molar-refractivity contribution in [2.45, 2.75) is 38.6 Å². The van der Waals surface area contributed by atoms with E-state index in [-0.39, 0.29) is 19.7 Å². The van der Waals surface area contributed by atoms with Gasteiger partial charge in [-0.15, -0.1) is 0 Å². The average Bonchev–Trinajstić information content (AvgIpc) is 3.13. The van der Waals surface area contributed by atoms with Crippen LogP contribution in [0.2, 0.25) is 0 Å². The topological polar surface area (TPSA) is 140 Å². The van der Waals surface area contributed by atoms with Crippen LogP contribution in [0.5, 0.6) is 17.2 Å².